The first-order valence-electron chi connectivity index (χ1n) is 4.49. The predicted molar refractivity (Wildman–Crippen MR) is 48.8 cm³/mol. The van der Waals surface area contributed by atoms with Crippen LogP contribution in [0.15, 0.2) is 11.8 Å². The molecule has 94 valence electrons. The molecule has 0 aromatic carbocycles. The SMILES string of the molecule is C[C@@H]1CC(OS(=O)(=O)C(F)(F)F)=C[C@H](C)O1. The highest BCUT2D eigenvalue weighted by Crippen LogP contribution is 2.29. The monoisotopic (exact) mass is 260 g/mol. The Bertz CT molecular complexity index is 385. The highest BCUT2D eigenvalue weighted by molar-refractivity contribution is 7.87. The molecule has 1 aliphatic rings. The maximum Gasteiger partial charge on any atom is 0.534 e. The summed E-state index contributed by atoms with van der Waals surface area (Å²) >= 11 is 0. The Morgan fingerprint density at radius 3 is 2.44 bits per heavy atom. The number of rotatable bonds is 2. The fourth-order valence-corrected chi connectivity index (χ4v) is 1.82. The van der Waals surface area contributed by atoms with E-state index in [2.05, 4.69) is 4.18 Å². The van der Waals surface area contributed by atoms with Crippen LogP contribution in [0.5, 0.6) is 0 Å². The number of halogens is 3. The Hall–Kier alpha value is -0.760. The Morgan fingerprint density at radius 2 is 2.00 bits per heavy atom. The molecule has 4 nitrogen and oxygen atoms in total. The van der Waals surface area contributed by atoms with Crippen LogP contribution in [0.2, 0.25) is 0 Å². The molecule has 0 saturated heterocycles. The van der Waals surface area contributed by atoms with Crippen molar-refractivity contribution in [1.29, 1.82) is 0 Å². The topological polar surface area (TPSA) is 52.6 Å². The second kappa shape index (κ2) is 4.25. The summed E-state index contributed by atoms with van der Waals surface area (Å²) in [6, 6.07) is 0. The van der Waals surface area contributed by atoms with E-state index >= 15 is 0 Å². The average molecular weight is 260 g/mol. The first-order valence-corrected chi connectivity index (χ1v) is 5.89. The zero-order valence-corrected chi connectivity index (χ0v) is 9.43. The molecule has 1 heterocycles. The first-order chi connectivity index (χ1) is 7.12. The standard InChI is InChI=1S/C8H11F3O4S/c1-5-3-7(4-6(2)14-5)15-16(12,13)8(9,10)11/h3,5-6H,4H2,1-2H3/t5-,6+/m0/s1. The lowest BCUT2D eigenvalue weighted by atomic mass is 10.1. The van der Waals surface area contributed by atoms with Gasteiger partial charge in [-0.3, -0.25) is 0 Å². The van der Waals surface area contributed by atoms with E-state index in [4.69, 9.17) is 4.74 Å². The molecule has 0 amide bonds. The van der Waals surface area contributed by atoms with Gasteiger partial charge in [-0.15, -0.1) is 0 Å². The Kier molecular flexibility index (Phi) is 3.53. The Labute approximate surface area is 91.2 Å². The van der Waals surface area contributed by atoms with Crippen LogP contribution >= 0.6 is 0 Å². The summed E-state index contributed by atoms with van der Waals surface area (Å²) in [5, 5.41) is 0. The lowest BCUT2D eigenvalue weighted by Gasteiger charge is -2.24. The van der Waals surface area contributed by atoms with Crippen molar-refractivity contribution in [3.63, 3.8) is 0 Å². The molecule has 16 heavy (non-hydrogen) atoms. The van der Waals surface area contributed by atoms with Crippen molar-refractivity contribution in [2.45, 2.75) is 38.0 Å². The van der Waals surface area contributed by atoms with Gasteiger partial charge in [0.1, 0.15) is 5.76 Å². The van der Waals surface area contributed by atoms with E-state index in [0.717, 1.165) is 0 Å². The van der Waals surface area contributed by atoms with Crippen molar-refractivity contribution in [3.8, 4) is 0 Å². The summed E-state index contributed by atoms with van der Waals surface area (Å²) in [5.41, 5.74) is -5.40. The fraction of sp³-hybridized carbons (Fsp3) is 0.750. The lowest BCUT2D eigenvalue weighted by Crippen LogP contribution is -2.29. The summed E-state index contributed by atoms with van der Waals surface area (Å²) < 4.78 is 66.6. The summed E-state index contributed by atoms with van der Waals surface area (Å²) in [7, 11) is -5.57. The largest absolute Gasteiger partial charge is 0.534 e. The van der Waals surface area contributed by atoms with Gasteiger partial charge >= 0.3 is 15.6 Å². The van der Waals surface area contributed by atoms with Gasteiger partial charge in [0.05, 0.1) is 12.2 Å². The Balaban J connectivity index is 2.83. The van der Waals surface area contributed by atoms with Crippen molar-refractivity contribution in [2.24, 2.45) is 0 Å². The van der Waals surface area contributed by atoms with Gasteiger partial charge in [-0.1, -0.05) is 0 Å². The number of hydrogen-bond donors (Lipinski definition) is 0. The molecule has 0 unspecified atom stereocenters. The molecule has 2 atom stereocenters. The van der Waals surface area contributed by atoms with Crippen LogP contribution in [-0.4, -0.2) is 26.1 Å². The van der Waals surface area contributed by atoms with Crippen molar-refractivity contribution in [3.05, 3.63) is 11.8 Å². The lowest BCUT2D eigenvalue weighted by molar-refractivity contribution is -0.0538. The molecule has 1 aliphatic heterocycles. The molecular weight excluding hydrogens is 249 g/mol. The second-order valence-electron chi connectivity index (χ2n) is 3.47. The molecule has 0 N–H and O–H groups in total. The molecule has 0 spiro atoms. The third-order valence-electron chi connectivity index (χ3n) is 1.86. The van der Waals surface area contributed by atoms with Crippen LogP contribution in [0.25, 0.3) is 0 Å². The first kappa shape index (κ1) is 13.3. The van der Waals surface area contributed by atoms with Crippen LogP contribution in [0.4, 0.5) is 13.2 Å². The van der Waals surface area contributed by atoms with E-state index in [0.29, 0.717) is 0 Å². The normalized spacial score (nSPS) is 27.4. The molecule has 0 fully saturated rings. The zero-order chi connectivity index (χ0) is 12.6. The van der Waals surface area contributed by atoms with Crippen LogP contribution in [0, 0.1) is 0 Å². The van der Waals surface area contributed by atoms with Crippen LogP contribution in [0.3, 0.4) is 0 Å². The third kappa shape index (κ3) is 3.11. The minimum absolute atomic E-state index is 0.000347. The number of hydrogen-bond acceptors (Lipinski definition) is 4. The van der Waals surface area contributed by atoms with Crippen LogP contribution in [-0.2, 0) is 19.0 Å². The number of ether oxygens (including phenoxy) is 1. The van der Waals surface area contributed by atoms with Gasteiger partial charge in [-0.25, -0.2) is 0 Å². The van der Waals surface area contributed by atoms with Crippen molar-refractivity contribution >= 4 is 10.1 Å². The summed E-state index contributed by atoms with van der Waals surface area (Å²) in [6.07, 6.45) is 0.365. The van der Waals surface area contributed by atoms with E-state index < -0.39 is 21.7 Å². The third-order valence-corrected chi connectivity index (χ3v) is 2.86. The minimum atomic E-state index is -5.57. The van der Waals surface area contributed by atoms with Gasteiger partial charge in [-0.2, -0.15) is 21.6 Å². The smallest absolute Gasteiger partial charge is 0.381 e. The van der Waals surface area contributed by atoms with Gasteiger partial charge in [-0.05, 0) is 19.9 Å². The molecule has 0 radical (unpaired) electrons. The van der Waals surface area contributed by atoms with E-state index in [1.807, 2.05) is 0 Å². The molecule has 0 aliphatic carbocycles. The maximum atomic E-state index is 12.0. The fourth-order valence-electron chi connectivity index (χ4n) is 1.32. The zero-order valence-electron chi connectivity index (χ0n) is 8.61. The highest BCUT2D eigenvalue weighted by atomic mass is 32.2. The summed E-state index contributed by atoms with van der Waals surface area (Å²) in [5.74, 6) is -0.233. The van der Waals surface area contributed by atoms with Gasteiger partial charge in [0.15, 0.2) is 0 Å². The van der Waals surface area contributed by atoms with Crippen molar-refractivity contribution in [1.82, 2.24) is 0 Å². The minimum Gasteiger partial charge on any atom is -0.381 e. The molecule has 1 rings (SSSR count). The Morgan fingerprint density at radius 1 is 1.44 bits per heavy atom. The predicted octanol–water partition coefficient (Wildman–Crippen LogP) is 1.93. The molecule has 0 aromatic rings. The summed E-state index contributed by atoms with van der Waals surface area (Å²) in [6.45, 7) is 3.20. The van der Waals surface area contributed by atoms with Gasteiger partial charge < -0.3 is 8.92 Å². The molecule has 8 heteroatoms. The average Bonchev–Trinajstić information content (AvgIpc) is 1.97. The molecular formula is C8H11F3O4S. The molecule has 0 bridgehead atoms. The van der Waals surface area contributed by atoms with Crippen molar-refractivity contribution < 1.29 is 30.5 Å². The van der Waals surface area contributed by atoms with E-state index in [1.54, 1.807) is 13.8 Å². The van der Waals surface area contributed by atoms with Crippen LogP contribution < -0.4 is 0 Å². The number of alkyl halides is 3. The van der Waals surface area contributed by atoms with E-state index in [-0.39, 0.29) is 18.3 Å². The van der Waals surface area contributed by atoms with Crippen molar-refractivity contribution in [2.75, 3.05) is 0 Å². The molecule has 0 saturated carbocycles. The van der Waals surface area contributed by atoms with Gasteiger partial charge in [0.2, 0.25) is 0 Å². The van der Waals surface area contributed by atoms with E-state index in [1.165, 1.54) is 6.08 Å². The van der Waals surface area contributed by atoms with Gasteiger partial charge in [0.25, 0.3) is 0 Å². The van der Waals surface area contributed by atoms with Crippen LogP contribution in [0.1, 0.15) is 20.3 Å². The summed E-state index contributed by atoms with van der Waals surface area (Å²) in [4.78, 5) is 0. The quantitative estimate of drug-likeness (QED) is 0.562. The van der Waals surface area contributed by atoms with Gasteiger partial charge in [0, 0.05) is 6.42 Å². The highest BCUT2D eigenvalue weighted by Gasteiger charge is 2.49. The second-order valence-corrected chi connectivity index (χ2v) is 5.01. The molecule has 0 aromatic heterocycles. The maximum absolute atomic E-state index is 12.0. The van der Waals surface area contributed by atoms with E-state index in [9.17, 15) is 21.6 Å².